The minimum Gasteiger partial charge on any atom is -0.323 e. The molecular formula is C31H24N2O3. The third kappa shape index (κ3) is 3.43. The molecule has 0 aromatic heterocycles. The van der Waals surface area contributed by atoms with Crippen LogP contribution >= 0.6 is 0 Å². The van der Waals surface area contributed by atoms with E-state index in [4.69, 9.17) is 0 Å². The van der Waals surface area contributed by atoms with Gasteiger partial charge in [-0.05, 0) is 35.4 Å². The van der Waals surface area contributed by atoms with Gasteiger partial charge in [0.25, 0.3) is 5.91 Å². The summed E-state index contributed by atoms with van der Waals surface area (Å²) in [5, 5.41) is 0. The number of carbonyl (C=O) groups is 3. The molecule has 36 heavy (non-hydrogen) atoms. The minimum absolute atomic E-state index is 0.195. The SMILES string of the molecule is O=C1C2C(C(=O)N1c1ccccc1)[C@@H](c1ccccc1)N(C(=O)c1ccccc1)[C@@H]2c1ccccc1. The Morgan fingerprint density at radius 3 is 1.36 bits per heavy atom. The first-order valence-corrected chi connectivity index (χ1v) is 12.1. The third-order valence-corrected chi connectivity index (χ3v) is 7.23. The van der Waals surface area contributed by atoms with Crippen molar-refractivity contribution in [3.63, 3.8) is 0 Å². The van der Waals surface area contributed by atoms with E-state index < -0.39 is 23.9 Å². The second kappa shape index (κ2) is 8.93. The first-order chi connectivity index (χ1) is 17.7. The van der Waals surface area contributed by atoms with Gasteiger partial charge in [-0.3, -0.25) is 14.4 Å². The van der Waals surface area contributed by atoms with Crippen molar-refractivity contribution in [2.75, 3.05) is 4.90 Å². The summed E-state index contributed by atoms with van der Waals surface area (Å²) in [6.45, 7) is 0. The average molecular weight is 473 g/mol. The molecule has 2 saturated heterocycles. The molecule has 4 aromatic carbocycles. The molecule has 6 rings (SSSR count). The molecular weight excluding hydrogens is 448 g/mol. The first kappa shape index (κ1) is 22.0. The number of hydrogen-bond acceptors (Lipinski definition) is 3. The number of anilines is 1. The zero-order chi connectivity index (χ0) is 24.6. The van der Waals surface area contributed by atoms with E-state index in [1.165, 1.54) is 4.90 Å². The number of imide groups is 1. The monoisotopic (exact) mass is 472 g/mol. The van der Waals surface area contributed by atoms with Gasteiger partial charge in [-0.15, -0.1) is 0 Å². The van der Waals surface area contributed by atoms with Crippen molar-refractivity contribution in [2.45, 2.75) is 12.1 Å². The number of likely N-dealkylation sites (tertiary alicyclic amines) is 1. The number of fused-ring (bicyclic) bond motifs is 1. The summed E-state index contributed by atoms with van der Waals surface area (Å²) < 4.78 is 0. The number of rotatable bonds is 4. The van der Waals surface area contributed by atoms with Crippen LogP contribution in [0.4, 0.5) is 5.69 Å². The minimum atomic E-state index is -0.696. The lowest BCUT2D eigenvalue weighted by Gasteiger charge is -2.34. The Morgan fingerprint density at radius 1 is 0.528 bits per heavy atom. The zero-order valence-corrected chi connectivity index (χ0v) is 19.5. The van der Waals surface area contributed by atoms with Gasteiger partial charge in [0, 0.05) is 5.56 Å². The summed E-state index contributed by atoms with van der Waals surface area (Å²) in [6.07, 6.45) is 0. The summed E-state index contributed by atoms with van der Waals surface area (Å²) in [5.74, 6) is -2.13. The van der Waals surface area contributed by atoms with Gasteiger partial charge in [0.15, 0.2) is 0 Å². The fourth-order valence-electron chi connectivity index (χ4n) is 5.75. The second-order valence-electron chi connectivity index (χ2n) is 9.19. The Balaban J connectivity index is 1.56. The van der Waals surface area contributed by atoms with Crippen LogP contribution in [0.3, 0.4) is 0 Å². The Hall–Kier alpha value is -4.51. The Bertz CT molecular complexity index is 1340. The normalized spacial score (nSPS) is 23.1. The Labute approximate surface area is 209 Å². The van der Waals surface area contributed by atoms with Gasteiger partial charge in [0.05, 0.1) is 29.6 Å². The fraction of sp³-hybridized carbons (Fsp3) is 0.129. The maximum atomic E-state index is 14.1. The number of benzene rings is 4. The summed E-state index contributed by atoms with van der Waals surface area (Å²) >= 11 is 0. The molecule has 2 aliphatic heterocycles. The molecule has 2 heterocycles. The van der Waals surface area contributed by atoms with Crippen LogP contribution in [0.2, 0.25) is 0 Å². The van der Waals surface area contributed by atoms with Crippen molar-refractivity contribution in [3.8, 4) is 0 Å². The van der Waals surface area contributed by atoms with E-state index in [1.807, 2.05) is 97.1 Å². The average Bonchev–Trinajstić information content (AvgIpc) is 3.42. The molecule has 0 N–H and O–H groups in total. The standard InChI is InChI=1S/C31H24N2O3/c34-29(23-17-9-3-10-18-23)33-27(21-13-5-1-6-14-21)25-26(28(33)22-15-7-2-8-16-22)31(36)32(30(25)35)24-19-11-4-12-20-24/h1-20,25-28H/t25?,26?,27-,28-/m1/s1. The summed E-state index contributed by atoms with van der Waals surface area (Å²) in [6, 6.07) is 36.1. The van der Waals surface area contributed by atoms with Crippen LogP contribution in [0, 0.1) is 11.8 Å². The topological polar surface area (TPSA) is 57.7 Å². The van der Waals surface area contributed by atoms with Crippen molar-refractivity contribution in [2.24, 2.45) is 11.8 Å². The van der Waals surface area contributed by atoms with E-state index in [0.717, 1.165) is 11.1 Å². The van der Waals surface area contributed by atoms with Crippen molar-refractivity contribution in [1.82, 2.24) is 4.90 Å². The molecule has 2 aliphatic rings. The highest BCUT2D eigenvalue weighted by Gasteiger charge is 2.64. The van der Waals surface area contributed by atoms with Crippen LogP contribution in [-0.4, -0.2) is 22.6 Å². The number of carbonyl (C=O) groups excluding carboxylic acids is 3. The van der Waals surface area contributed by atoms with Gasteiger partial charge in [0.1, 0.15) is 0 Å². The highest BCUT2D eigenvalue weighted by Crippen LogP contribution is 2.56. The maximum absolute atomic E-state index is 14.1. The third-order valence-electron chi connectivity index (χ3n) is 7.23. The first-order valence-electron chi connectivity index (χ1n) is 12.1. The molecule has 0 saturated carbocycles. The van der Waals surface area contributed by atoms with Gasteiger partial charge in [-0.1, -0.05) is 97.1 Å². The molecule has 4 aromatic rings. The Kier molecular flexibility index (Phi) is 5.45. The molecule has 0 radical (unpaired) electrons. The van der Waals surface area contributed by atoms with Crippen LogP contribution in [0.25, 0.3) is 0 Å². The van der Waals surface area contributed by atoms with Gasteiger partial charge in [0.2, 0.25) is 11.8 Å². The van der Waals surface area contributed by atoms with E-state index in [-0.39, 0.29) is 17.7 Å². The molecule has 0 aliphatic carbocycles. The molecule has 4 atom stereocenters. The lowest BCUT2D eigenvalue weighted by molar-refractivity contribution is -0.123. The molecule has 0 bridgehead atoms. The summed E-state index contributed by atoms with van der Waals surface area (Å²) in [5.41, 5.74) is 2.76. The quantitative estimate of drug-likeness (QED) is 0.372. The number of hydrogen-bond donors (Lipinski definition) is 0. The maximum Gasteiger partial charge on any atom is 0.254 e. The highest BCUT2D eigenvalue weighted by atomic mass is 16.2. The molecule has 2 fully saturated rings. The molecule has 5 nitrogen and oxygen atoms in total. The van der Waals surface area contributed by atoms with E-state index in [9.17, 15) is 14.4 Å². The van der Waals surface area contributed by atoms with Crippen molar-refractivity contribution in [3.05, 3.63) is 138 Å². The lowest BCUT2D eigenvalue weighted by atomic mass is 9.84. The fourth-order valence-corrected chi connectivity index (χ4v) is 5.75. The predicted octanol–water partition coefficient (Wildman–Crippen LogP) is 5.43. The molecule has 176 valence electrons. The largest absolute Gasteiger partial charge is 0.323 e. The predicted molar refractivity (Wildman–Crippen MR) is 137 cm³/mol. The van der Waals surface area contributed by atoms with Crippen LogP contribution in [0.5, 0.6) is 0 Å². The van der Waals surface area contributed by atoms with Crippen LogP contribution in [-0.2, 0) is 9.59 Å². The smallest absolute Gasteiger partial charge is 0.254 e. The van der Waals surface area contributed by atoms with Gasteiger partial charge < -0.3 is 4.90 Å². The summed E-state index contributed by atoms with van der Waals surface area (Å²) in [4.78, 5) is 45.2. The van der Waals surface area contributed by atoms with Crippen molar-refractivity contribution in [1.29, 1.82) is 0 Å². The van der Waals surface area contributed by atoms with E-state index in [0.29, 0.717) is 11.3 Å². The number of nitrogens with zero attached hydrogens (tertiary/aromatic N) is 2. The molecule has 3 amide bonds. The zero-order valence-electron chi connectivity index (χ0n) is 19.5. The van der Waals surface area contributed by atoms with Crippen LogP contribution in [0.1, 0.15) is 33.6 Å². The van der Waals surface area contributed by atoms with E-state index in [2.05, 4.69) is 0 Å². The number of para-hydroxylation sites is 1. The van der Waals surface area contributed by atoms with Gasteiger partial charge >= 0.3 is 0 Å². The van der Waals surface area contributed by atoms with Crippen molar-refractivity contribution >= 4 is 23.4 Å². The molecule has 2 unspecified atom stereocenters. The molecule has 0 spiro atoms. The van der Waals surface area contributed by atoms with E-state index >= 15 is 0 Å². The van der Waals surface area contributed by atoms with Gasteiger partial charge in [-0.2, -0.15) is 0 Å². The second-order valence-corrected chi connectivity index (χ2v) is 9.19. The lowest BCUT2D eigenvalue weighted by Crippen LogP contribution is -2.41. The van der Waals surface area contributed by atoms with E-state index in [1.54, 1.807) is 29.2 Å². The highest BCUT2D eigenvalue weighted by molar-refractivity contribution is 6.23. The van der Waals surface area contributed by atoms with Crippen LogP contribution < -0.4 is 4.90 Å². The molecule has 5 heteroatoms. The summed E-state index contributed by atoms with van der Waals surface area (Å²) in [7, 11) is 0. The Morgan fingerprint density at radius 2 is 0.917 bits per heavy atom. The van der Waals surface area contributed by atoms with Crippen molar-refractivity contribution < 1.29 is 14.4 Å². The number of amides is 3. The van der Waals surface area contributed by atoms with Gasteiger partial charge in [-0.25, -0.2) is 4.90 Å². The van der Waals surface area contributed by atoms with Crippen LogP contribution in [0.15, 0.2) is 121 Å².